The lowest BCUT2D eigenvalue weighted by atomic mass is 10.0. The number of nitrogens with one attached hydrogen (secondary N) is 1. The van der Waals surface area contributed by atoms with Crippen LogP contribution in [0.4, 0.5) is 5.69 Å². The zero-order valence-electron chi connectivity index (χ0n) is 11.7. The first-order chi connectivity index (χ1) is 8.97. The quantitative estimate of drug-likeness (QED) is 0.648. The van der Waals surface area contributed by atoms with Crippen LogP contribution >= 0.6 is 0 Å². The van der Waals surface area contributed by atoms with Crippen LogP contribution < -0.4 is 5.32 Å². The first-order valence-corrected chi connectivity index (χ1v) is 6.03. The minimum absolute atomic E-state index is 0.211. The van der Waals surface area contributed by atoms with E-state index in [0.29, 0.717) is 0 Å². The third-order valence-electron chi connectivity index (χ3n) is 2.63. The van der Waals surface area contributed by atoms with Crippen LogP contribution in [0.15, 0.2) is 49.7 Å². The highest BCUT2D eigenvalue weighted by atomic mass is 16.1. The predicted molar refractivity (Wildman–Crippen MR) is 81.9 cm³/mol. The third kappa shape index (κ3) is 4.14. The van der Waals surface area contributed by atoms with Crippen molar-refractivity contribution in [2.75, 3.05) is 19.4 Å². The van der Waals surface area contributed by atoms with E-state index in [1.54, 1.807) is 6.08 Å². The minimum Gasteiger partial charge on any atom is -0.383 e. The lowest BCUT2D eigenvalue weighted by Gasteiger charge is -2.12. The van der Waals surface area contributed by atoms with Gasteiger partial charge in [-0.1, -0.05) is 31.4 Å². The molecule has 1 rings (SSSR count). The summed E-state index contributed by atoms with van der Waals surface area (Å²) >= 11 is 0. The maximum atomic E-state index is 11.4. The van der Waals surface area contributed by atoms with Gasteiger partial charge in [0.05, 0.1) is 0 Å². The zero-order chi connectivity index (χ0) is 14.4. The van der Waals surface area contributed by atoms with Crippen LogP contribution in [0.25, 0.3) is 5.57 Å². The fourth-order valence-electron chi connectivity index (χ4n) is 1.64. The van der Waals surface area contributed by atoms with Gasteiger partial charge in [-0.25, -0.2) is 0 Å². The summed E-state index contributed by atoms with van der Waals surface area (Å²) in [5.41, 5.74) is 3.80. The fourth-order valence-corrected chi connectivity index (χ4v) is 1.64. The molecule has 3 heteroatoms. The van der Waals surface area contributed by atoms with Crippen LogP contribution in [0, 0.1) is 6.92 Å². The second-order valence-electron chi connectivity index (χ2n) is 4.48. The van der Waals surface area contributed by atoms with E-state index in [-0.39, 0.29) is 5.91 Å². The van der Waals surface area contributed by atoms with E-state index < -0.39 is 0 Å². The van der Waals surface area contributed by atoms with Crippen molar-refractivity contribution in [2.45, 2.75) is 6.92 Å². The molecular weight excluding hydrogens is 236 g/mol. The van der Waals surface area contributed by atoms with Crippen molar-refractivity contribution in [3.8, 4) is 0 Å². The molecule has 1 N–H and O–H groups in total. The average Bonchev–Trinajstić information content (AvgIpc) is 2.38. The molecule has 0 unspecified atom stereocenters. The summed E-state index contributed by atoms with van der Waals surface area (Å²) < 4.78 is 0. The van der Waals surface area contributed by atoms with Crippen LogP contribution in [0.5, 0.6) is 0 Å². The Balaban J connectivity index is 3.17. The average molecular weight is 256 g/mol. The molecule has 0 heterocycles. The van der Waals surface area contributed by atoms with Gasteiger partial charge in [0.1, 0.15) is 0 Å². The molecule has 0 atom stereocenters. The Morgan fingerprint density at radius 2 is 1.95 bits per heavy atom. The molecule has 0 saturated heterocycles. The number of allylic oxidation sites excluding steroid dienone is 2. The van der Waals surface area contributed by atoms with Crippen molar-refractivity contribution in [3.05, 3.63) is 60.8 Å². The molecule has 0 saturated carbocycles. The molecule has 0 aliphatic heterocycles. The fraction of sp³-hybridized carbons (Fsp3) is 0.188. The topological polar surface area (TPSA) is 32.3 Å². The Labute approximate surface area is 114 Å². The maximum absolute atomic E-state index is 11.4. The zero-order valence-corrected chi connectivity index (χ0v) is 11.7. The number of amides is 1. The predicted octanol–water partition coefficient (Wildman–Crippen LogP) is 3.21. The van der Waals surface area contributed by atoms with E-state index in [1.807, 2.05) is 50.3 Å². The van der Waals surface area contributed by atoms with Crippen LogP contribution in [0.1, 0.15) is 11.1 Å². The van der Waals surface area contributed by atoms with E-state index >= 15 is 0 Å². The smallest absolute Gasteiger partial charge is 0.247 e. The van der Waals surface area contributed by atoms with E-state index in [0.717, 1.165) is 22.4 Å². The number of hydrogen-bond acceptors (Lipinski definition) is 2. The standard InChI is InChI=1S/C16H20N2O/c1-6-13(11-18(4)5)14-9-8-12(3)15(10-14)17-16(19)7-2/h6-11H,1-2H2,3-5H3,(H,17,19)/b13-11+. The molecule has 3 nitrogen and oxygen atoms in total. The molecule has 0 fully saturated rings. The Kier molecular flexibility index (Phi) is 5.12. The second-order valence-corrected chi connectivity index (χ2v) is 4.48. The summed E-state index contributed by atoms with van der Waals surface area (Å²) in [6, 6.07) is 5.92. The van der Waals surface area contributed by atoms with Crippen molar-refractivity contribution < 1.29 is 4.79 Å². The molecule has 0 radical (unpaired) electrons. The summed E-state index contributed by atoms with van der Waals surface area (Å²) in [5, 5.41) is 2.80. The molecule has 0 aliphatic rings. The summed E-state index contributed by atoms with van der Waals surface area (Å²) in [6.45, 7) is 9.22. The van der Waals surface area contributed by atoms with E-state index in [9.17, 15) is 4.79 Å². The first kappa shape index (κ1) is 14.8. The maximum Gasteiger partial charge on any atom is 0.247 e. The molecule has 19 heavy (non-hydrogen) atoms. The molecule has 0 spiro atoms. The van der Waals surface area contributed by atoms with E-state index in [2.05, 4.69) is 18.5 Å². The van der Waals surface area contributed by atoms with Crippen molar-refractivity contribution in [2.24, 2.45) is 0 Å². The largest absolute Gasteiger partial charge is 0.383 e. The number of aryl methyl sites for hydroxylation is 1. The molecule has 1 aromatic carbocycles. The molecule has 100 valence electrons. The van der Waals surface area contributed by atoms with Gasteiger partial charge in [0.15, 0.2) is 0 Å². The highest BCUT2D eigenvalue weighted by Gasteiger charge is 2.05. The number of carbonyl (C=O) groups excluding carboxylic acids is 1. The number of anilines is 1. The second kappa shape index (κ2) is 6.59. The number of hydrogen-bond donors (Lipinski definition) is 1. The first-order valence-electron chi connectivity index (χ1n) is 6.03. The summed E-state index contributed by atoms with van der Waals surface area (Å²) in [6.07, 6.45) is 5.04. The van der Waals surface area contributed by atoms with Gasteiger partial charge >= 0.3 is 0 Å². The van der Waals surface area contributed by atoms with Gasteiger partial charge < -0.3 is 10.2 Å². The van der Waals surface area contributed by atoms with E-state index in [1.165, 1.54) is 6.08 Å². The van der Waals surface area contributed by atoms with Crippen molar-refractivity contribution in [1.29, 1.82) is 0 Å². The number of nitrogens with zero attached hydrogens (tertiary/aromatic N) is 1. The van der Waals surface area contributed by atoms with Gasteiger partial charge in [-0.05, 0) is 35.8 Å². The summed E-state index contributed by atoms with van der Waals surface area (Å²) in [5.74, 6) is -0.211. The SMILES string of the molecule is C=CC(=O)Nc1cc(/C(C=C)=C/N(C)C)ccc1C. The molecule has 1 amide bonds. The Morgan fingerprint density at radius 3 is 2.47 bits per heavy atom. The van der Waals surface area contributed by atoms with Crippen LogP contribution in [-0.2, 0) is 4.79 Å². The van der Waals surface area contributed by atoms with Crippen molar-refractivity contribution >= 4 is 17.2 Å². The normalized spacial score (nSPS) is 10.8. The summed E-state index contributed by atoms with van der Waals surface area (Å²) in [7, 11) is 3.91. The lowest BCUT2D eigenvalue weighted by molar-refractivity contribution is -0.111. The van der Waals surface area contributed by atoms with Crippen molar-refractivity contribution in [3.63, 3.8) is 0 Å². The van der Waals surface area contributed by atoms with Gasteiger partial charge in [-0.2, -0.15) is 0 Å². The van der Waals surface area contributed by atoms with Gasteiger partial charge in [-0.15, -0.1) is 0 Å². The number of carbonyl (C=O) groups is 1. The lowest BCUT2D eigenvalue weighted by Crippen LogP contribution is -2.09. The molecule has 1 aromatic rings. The Bertz CT molecular complexity index is 528. The van der Waals surface area contributed by atoms with Gasteiger partial charge in [0, 0.05) is 26.0 Å². The van der Waals surface area contributed by atoms with Gasteiger partial charge in [0.2, 0.25) is 5.91 Å². The van der Waals surface area contributed by atoms with Crippen LogP contribution in [0.3, 0.4) is 0 Å². The Morgan fingerprint density at radius 1 is 1.26 bits per heavy atom. The van der Waals surface area contributed by atoms with E-state index in [4.69, 9.17) is 0 Å². The van der Waals surface area contributed by atoms with Gasteiger partial charge in [0.25, 0.3) is 0 Å². The van der Waals surface area contributed by atoms with Crippen LogP contribution in [0.2, 0.25) is 0 Å². The number of rotatable bonds is 5. The van der Waals surface area contributed by atoms with Crippen LogP contribution in [-0.4, -0.2) is 24.9 Å². The highest BCUT2D eigenvalue weighted by Crippen LogP contribution is 2.23. The minimum atomic E-state index is -0.211. The number of benzene rings is 1. The molecule has 0 aromatic heterocycles. The van der Waals surface area contributed by atoms with Gasteiger partial charge in [-0.3, -0.25) is 4.79 Å². The highest BCUT2D eigenvalue weighted by molar-refractivity contribution is 5.99. The summed E-state index contributed by atoms with van der Waals surface area (Å²) in [4.78, 5) is 13.3. The molecular formula is C16H20N2O. The van der Waals surface area contributed by atoms with Crippen molar-refractivity contribution in [1.82, 2.24) is 4.90 Å². The Hall–Kier alpha value is -2.29. The monoisotopic (exact) mass is 256 g/mol. The third-order valence-corrected chi connectivity index (χ3v) is 2.63. The molecule has 0 aliphatic carbocycles. The molecule has 0 bridgehead atoms.